The van der Waals surface area contributed by atoms with E-state index < -0.39 is 4.92 Å². The van der Waals surface area contributed by atoms with Crippen LogP contribution in [0.3, 0.4) is 0 Å². The molecule has 7 nitrogen and oxygen atoms in total. The van der Waals surface area contributed by atoms with E-state index >= 15 is 0 Å². The third kappa shape index (κ3) is 3.19. The molecule has 7 heteroatoms. The number of ether oxygens (including phenoxy) is 1. The number of carbonyl (C=O) groups excluding carboxylic acids is 1. The molecule has 2 atom stereocenters. The van der Waals surface area contributed by atoms with Crippen molar-refractivity contribution in [3.05, 3.63) is 33.9 Å². The maximum Gasteiger partial charge on any atom is 0.293 e. The third-order valence-electron chi connectivity index (χ3n) is 4.19. The van der Waals surface area contributed by atoms with Gasteiger partial charge in [-0.3, -0.25) is 14.9 Å². The highest BCUT2D eigenvalue weighted by Crippen LogP contribution is 2.33. The van der Waals surface area contributed by atoms with E-state index in [9.17, 15) is 14.9 Å². The van der Waals surface area contributed by atoms with Crippen LogP contribution >= 0.6 is 0 Å². The number of piperidine rings is 1. The second kappa shape index (κ2) is 6.74. The van der Waals surface area contributed by atoms with Crippen LogP contribution in [-0.4, -0.2) is 44.2 Å². The summed E-state index contributed by atoms with van der Waals surface area (Å²) in [6.07, 6.45) is 0.958. The van der Waals surface area contributed by atoms with E-state index in [-0.39, 0.29) is 23.3 Å². The second-order valence-corrected chi connectivity index (χ2v) is 5.53. The number of nitro groups is 1. The molecule has 0 saturated carbocycles. The van der Waals surface area contributed by atoms with E-state index in [0.717, 1.165) is 13.0 Å². The van der Waals surface area contributed by atoms with Crippen molar-refractivity contribution >= 4 is 17.3 Å². The van der Waals surface area contributed by atoms with Crippen molar-refractivity contribution < 1.29 is 14.5 Å². The van der Waals surface area contributed by atoms with E-state index in [1.807, 2.05) is 4.90 Å². The normalized spacial score (nSPS) is 21.5. The summed E-state index contributed by atoms with van der Waals surface area (Å²) < 4.78 is 5.46. The Balaban J connectivity index is 2.34. The van der Waals surface area contributed by atoms with Crippen molar-refractivity contribution in [1.82, 2.24) is 5.32 Å². The number of nitrogens with zero attached hydrogens (tertiary/aromatic N) is 2. The SMILES string of the molecule is CNC(=O)c1ccc(N2CCC(C)C(OC)C2)c([N+](=O)[O-])c1. The highest BCUT2D eigenvalue weighted by molar-refractivity contribution is 5.95. The zero-order valence-electron chi connectivity index (χ0n) is 13.0. The summed E-state index contributed by atoms with van der Waals surface area (Å²) in [5.74, 6) is 0.0853. The predicted octanol–water partition coefficient (Wildman–Crippen LogP) is 1.82. The van der Waals surface area contributed by atoms with E-state index in [1.165, 1.54) is 13.1 Å². The molecular formula is C15H21N3O4. The number of hydrogen-bond acceptors (Lipinski definition) is 5. The molecule has 120 valence electrons. The Morgan fingerprint density at radius 1 is 1.50 bits per heavy atom. The lowest BCUT2D eigenvalue weighted by Gasteiger charge is -2.37. The molecule has 1 fully saturated rings. The molecule has 0 radical (unpaired) electrons. The van der Waals surface area contributed by atoms with Crippen LogP contribution in [0.5, 0.6) is 0 Å². The van der Waals surface area contributed by atoms with Crippen molar-refractivity contribution in [2.24, 2.45) is 5.92 Å². The number of hydrogen-bond donors (Lipinski definition) is 1. The molecule has 1 aliphatic heterocycles. The fourth-order valence-electron chi connectivity index (χ4n) is 2.78. The van der Waals surface area contributed by atoms with Crippen LogP contribution in [0.1, 0.15) is 23.7 Å². The van der Waals surface area contributed by atoms with Gasteiger partial charge in [0.2, 0.25) is 0 Å². The first kappa shape index (κ1) is 16.2. The molecular weight excluding hydrogens is 286 g/mol. The van der Waals surface area contributed by atoms with Crippen molar-refractivity contribution in [3.8, 4) is 0 Å². The van der Waals surface area contributed by atoms with Crippen molar-refractivity contribution in [3.63, 3.8) is 0 Å². The Morgan fingerprint density at radius 3 is 2.82 bits per heavy atom. The maximum absolute atomic E-state index is 11.6. The monoisotopic (exact) mass is 307 g/mol. The molecule has 1 aliphatic rings. The second-order valence-electron chi connectivity index (χ2n) is 5.53. The van der Waals surface area contributed by atoms with Crippen LogP contribution in [-0.2, 0) is 4.74 Å². The molecule has 1 N–H and O–H groups in total. The number of rotatable bonds is 4. The average Bonchev–Trinajstić information content (AvgIpc) is 2.54. The number of amides is 1. The standard InChI is InChI=1S/C15H21N3O4/c1-10-6-7-17(9-14(10)22-3)12-5-4-11(15(19)16-2)8-13(12)18(20)21/h4-5,8,10,14H,6-7,9H2,1-3H3,(H,16,19). The third-order valence-corrected chi connectivity index (χ3v) is 4.19. The van der Waals surface area contributed by atoms with Gasteiger partial charge in [-0.2, -0.15) is 0 Å². The summed E-state index contributed by atoms with van der Waals surface area (Å²) in [5.41, 5.74) is 0.767. The lowest BCUT2D eigenvalue weighted by molar-refractivity contribution is -0.384. The molecule has 0 aliphatic carbocycles. The van der Waals surface area contributed by atoms with Gasteiger partial charge in [0, 0.05) is 38.9 Å². The maximum atomic E-state index is 11.6. The minimum Gasteiger partial charge on any atom is -0.379 e. The summed E-state index contributed by atoms with van der Waals surface area (Å²) in [4.78, 5) is 24.5. The molecule has 1 heterocycles. The van der Waals surface area contributed by atoms with Gasteiger partial charge in [0.25, 0.3) is 11.6 Å². The van der Waals surface area contributed by atoms with Gasteiger partial charge in [-0.05, 0) is 24.5 Å². The quantitative estimate of drug-likeness (QED) is 0.677. The van der Waals surface area contributed by atoms with Gasteiger partial charge < -0.3 is 15.0 Å². The molecule has 1 aromatic carbocycles. The Bertz CT molecular complexity index is 576. The van der Waals surface area contributed by atoms with E-state index in [1.54, 1.807) is 19.2 Å². The fraction of sp³-hybridized carbons (Fsp3) is 0.533. The van der Waals surface area contributed by atoms with Gasteiger partial charge in [0.05, 0.1) is 11.0 Å². The number of nitrogens with one attached hydrogen (secondary N) is 1. The Labute approximate surface area is 129 Å². The number of anilines is 1. The predicted molar refractivity (Wildman–Crippen MR) is 83.3 cm³/mol. The molecule has 1 amide bonds. The fourth-order valence-corrected chi connectivity index (χ4v) is 2.78. The van der Waals surface area contributed by atoms with Crippen LogP contribution in [0, 0.1) is 16.0 Å². The van der Waals surface area contributed by atoms with Crippen LogP contribution in [0.15, 0.2) is 18.2 Å². The highest BCUT2D eigenvalue weighted by atomic mass is 16.6. The number of methoxy groups -OCH3 is 1. The molecule has 2 unspecified atom stereocenters. The van der Waals surface area contributed by atoms with Crippen molar-refractivity contribution in [1.29, 1.82) is 0 Å². The summed E-state index contributed by atoms with van der Waals surface area (Å²) >= 11 is 0. The Morgan fingerprint density at radius 2 is 2.23 bits per heavy atom. The van der Waals surface area contributed by atoms with Crippen LogP contribution in [0.2, 0.25) is 0 Å². The van der Waals surface area contributed by atoms with Gasteiger partial charge in [-0.15, -0.1) is 0 Å². The first-order valence-corrected chi connectivity index (χ1v) is 7.26. The van der Waals surface area contributed by atoms with E-state index in [4.69, 9.17) is 4.74 Å². The minimum absolute atomic E-state index is 0.0481. The number of carbonyl (C=O) groups is 1. The summed E-state index contributed by atoms with van der Waals surface area (Å²) in [6, 6.07) is 4.58. The molecule has 0 aromatic heterocycles. The van der Waals surface area contributed by atoms with Crippen molar-refractivity contribution in [2.75, 3.05) is 32.1 Å². The number of nitro benzene ring substituents is 1. The topological polar surface area (TPSA) is 84.7 Å². The molecule has 1 saturated heterocycles. The van der Waals surface area contributed by atoms with Crippen LogP contribution < -0.4 is 10.2 Å². The molecule has 0 spiro atoms. The van der Waals surface area contributed by atoms with Crippen LogP contribution in [0.25, 0.3) is 0 Å². The van der Waals surface area contributed by atoms with Gasteiger partial charge >= 0.3 is 0 Å². The van der Waals surface area contributed by atoms with Crippen molar-refractivity contribution in [2.45, 2.75) is 19.4 Å². The minimum atomic E-state index is -0.443. The van der Waals surface area contributed by atoms with Gasteiger partial charge in [0.1, 0.15) is 5.69 Å². The lowest BCUT2D eigenvalue weighted by Crippen LogP contribution is -2.44. The zero-order chi connectivity index (χ0) is 16.3. The highest BCUT2D eigenvalue weighted by Gasteiger charge is 2.30. The average molecular weight is 307 g/mol. The van der Waals surface area contributed by atoms with E-state index in [0.29, 0.717) is 18.2 Å². The van der Waals surface area contributed by atoms with E-state index in [2.05, 4.69) is 12.2 Å². The van der Waals surface area contributed by atoms with Crippen LogP contribution in [0.4, 0.5) is 11.4 Å². The Kier molecular flexibility index (Phi) is 4.97. The largest absolute Gasteiger partial charge is 0.379 e. The summed E-state index contributed by atoms with van der Waals surface area (Å²) in [7, 11) is 3.16. The molecule has 1 aromatic rings. The van der Waals surface area contributed by atoms with Gasteiger partial charge in [0.15, 0.2) is 0 Å². The Hall–Kier alpha value is -2.15. The smallest absolute Gasteiger partial charge is 0.293 e. The first-order chi connectivity index (χ1) is 10.5. The van der Waals surface area contributed by atoms with Gasteiger partial charge in [-0.25, -0.2) is 0 Å². The molecule has 22 heavy (non-hydrogen) atoms. The number of benzene rings is 1. The molecule has 2 rings (SSSR count). The van der Waals surface area contributed by atoms with Gasteiger partial charge in [-0.1, -0.05) is 6.92 Å². The summed E-state index contributed by atoms with van der Waals surface area (Å²) in [5, 5.41) is 13.8. The summed E-state index contributed by atoms with van der Waals surface area (Å²) in [6.45, 7) is 3.47. The molecule has 0 bridgehead atoms. The first-order valence-electron chi connectivity index (χ1n) is 7.26. The zero-order valence-corrected chi connectivity index (χ0v) is 13.0. The lowest BCUT2D eigenvalue weighted by atomic mass is 9.95.